The smallest absolute Gasteiger partial charge is 0.341 e. The lowest BCUT2D eigenvalue weighted by Gasteiger charge is -2.11. The van der Waals surface area contributed by atoms with E-state index in [1.165, 1.54) is 25.3 Å². The molecule has 1 heterocycles. The Morgan fingerprint density at radius 2 is 2.20 bits per heavy atom. The van der Waals surface area contributed by atoms with E-state index >= 15 is 0 Å². The Bertz CT molecular complexity index is 657. The second-order valence-corrected chi connectivity index (χ2v) is 4.14. The molecule has 0 saturated heterocycles. The van der Waals surface area contributed by atoms with Gasteiger partial charge in [-0.3, -0.25) is 0 Å². The largest absolute Gasteiger partial charge is 0.494 e. The number of hydrogen-bond donors (Lipinski definition) is 1. The molecule has 0 amide bonds. The van der Waals surface area contributed by atoms with Gasteiger partial charge in [0.2, 0.25) is 5.88 Å². The lowest BCUT2D eigenvalue weighted by molar-refractivity contribution is 0.0691. The van der Waals surface area contributed by atoms with Crippen LogP contribution in [0.3, 0.4) is 0 Å². The first-order valence-electron chi connectivity index (χ1n) is 6.11. The summed E-state index contributed by atoms with van der Waals surface area (Å²) in [6.45, 7) is 2.22. The van der Waals surface area contributed by atoms with Crippen LogP contribution < -0.4 is 9.47 Å². The number of hydrogen-bond acceptors (Lipinski definition) is 4. The van der Waals surface area contributed by atoms with E-state index in [9.17, 15) is 9.18 Å². The second-order valence-electron chi connectivity index (χ2n) is 4.14. The van der Waals surface area contributed by atoms with Crippen molar-refractivity contribution in [3.05, 3.63) is 29.6 Å². The van der Waals surface area contributed by atoms with E-state index in [4.69, 9.17) is 14.6 Å². The monoisotopic (exact) mass is 279 g/mol. The van der Waals surface area contributed by atoms with Gasteiger partial charge in [-0.15, -0.1) is 0 Å². The quantitative estimate of drug-likeness (QED) is 0.911. The van der Waals surface area contributed by atoms with Crippen molar-refractivity contribution in [1.29, 1.82) is 0 Å². The molecule has 5 nitrogen and oxygen atoms in total. The molecule has 20 heavy (non-hydrogen) atoms. The molecule has 0 fully saturated rings. The molecule has 0 bridgehead atoms. The van der Waals surface area contributed by atoms with Crippen LogP contribution in [0, 0.1) is 5.82 Å². The Kier molecular flexibility index (Phi) is 4.02. The third-order valence-corrected chi connectivity index (χ3v) is 2.75. The van der Waals surface area contributed by atoms with Gasteiger partial charge in [0.05, 0.1) is 13.7 Å². The molecule has 106 valence electrons. The zero-order valence-electron chi connectivity index (χ0n) is 11.1. The normalized spacial score (nSPS) is 10.6. The number of fused-ring (bicyclic) bond motifs is 1. The number of carboxylic acids is 1. The van der Waals surface area contributed by atoms with Crippen LogP contribution in [0.4, 0.5) is 4.39 Å². The minimum Gasteiger partial charge on any atom is -0.494 e. The van der Waals surface area contributed by atoms with E-state index in [1.54, 1.807) is 0 Å². The van der Waals surface area contributed by atoms with Gasteiger partial charge < -0.3 is 14.6 Å². The SMILES string of the molecule is CCCOc1nc2c(OC)ccc(F)c2cc1C(=O)O. The van der Waals surface area contributed by atoms with Gasteiger partial charge >= 0.3 is 5.97 Å². The van der Waals surface area contributed by atoms with Crippen LogP contribution in [0.2, 0.25) is 0 Å². The Morgan fingerprint density at radius 3 is 2.80 bits per heavy atom. The summed E-state index contributed by atoms with van der Waals surface area (Å²) in [7, 11) is 1.44. The van der Waals surface area contributed by atoms with Crippen LogP contribution in [0.1, 0.15) is 23.7 Å². The van der Waals surface area contributed by atoms with Crippen molar-refractivity contribution >= 4 is 16.9 Å². The number of pyridine rings is 1. The van der Waals surface area contributed by atoms with Gasteiger partial charge in [0, 0.05) is 5.39 Å². The number of ether oxygens (including phenoxy) is 2. The summed E-state index contributed by atoms with van der Waals surface area (Å²) < 4.78 is 24.2. The lowest BCUT2D eigenvalue weighted by Crippen LogP contribution is -2.07. The Hall–Kier alpha value is -2.37. The Labute approximate surface area is 115 Å². The average Bonchev–Trinajstić information content (AvgIpc) is 2.44. The second kappa shape index (κ2) is 5.73. The predicted octanol–water partition coefficient (Wildman–Crippen LogP) is 2.87. The van der Waals surface area contributed by atoms with Gasteiger partial charge in [-0.25, -0.2) is 14.2 Å². The molecule has 0 atom stereocenters. The highest BCUT2D eigenvalue weighted by Crippen LogP contribution is 2.30. The first-order valence-corrected chi connectivity index (χ1v) is 6.11. The number of halogens is 1. The zero-order valence-corrected chi connectivity index (χ0v) is 11.1. The minimum absolute atomic E-state index is 0.0317. The molecule has 2 aromatic rings. The Balaban J connectivity index is 2.70. The van der Waals surface area contributed by atoms with Crippen LogP contribution in [0.15, 0.2) is 18.2 Å². The number of carboxylic acid groups (broad SMARTS) is 1. The summed E-state index contributed by atoms with van der Waals surface area (Å²) in [5.41, 5.74) is 0.0710. The van der Waals surface area contributed by atoms with Crippen LogP contribution in [-0.4, -0.2) is 29.8 Å². The molecule has 6 heteroatoms. The van der Waals surface area contributed by atoms with Crippen molar-refractivity contribution < 1.29 is 23.8 Å². The van der Waals surface area contributed by atoms with Gasteiger partial charge in [-0.05, 0) is 24.6 Å². The molecule has 0 radical (unpaired) electrons. The molecule has 0 saturated carbocycles. The van der Waals surface area contributed by atoms with Crippen LogP contribution in [0.5, 0.6) is 11.6 Å². The number of benzene rings is 1. The van der Waals surface area contributed by atoms with E-state index in [0.717, 1.165) is 0 Å². The summed E-state index contributed by atoms with van der Waals surface area (Å²) in [5, 5.41) is 9.26. The fourth-order valence-electron chi connectivity index (χ4n) is 1.81. The first kappa shape index (κ1) is 14.0. The third-order valence-electron chi connectivity index (χ3n) is 2.75. The highest BCUT2D eigenvalue weighted by molar-refractivity contribution is 5.96. The van der Waals surface area contributed by atoms with Crippen LogP contribution in [0.25, 0.3) is 10.9 Å². The first-order chi connectivity index (χ1) is 9.58. The van der Waals surface area contributed by atoms with E-state index < -0.39 is 11.8 Å². The number of aromatic carboxylic acids is 1. The molecule has 1 aromatic heterocycles. The predicted molar refractivity (Wildman–Crippen MR) is 71.0 cm³/mol. The average molecular weight is 279 g/mol. The summed E-state index contributed by atoms with van der Waals surface area (Å²) in [6, 6.07) is 3.86. The highest BCUT2D eigenvalue weighted by Gasteiger charge is 2.18. The standard InChI is InChI=1S/C14H14FNO4/c1-3-6-20-13-9(14(17)18)7-8-10(15)4-5-11(19-2)12(8)16-13/h4-5,7H,3,6H2,1-2H3,(H,17,18). The van der Waals surface area contributed by atoms with E-state index in [1.807, 2.05) is 6.92 Å². The van der Waals surface area contributed by atoms with Crippen molar-refractivity contribution in [2.45, 2.75) is 13.3 Å². The fourth-order valence-corrected chi connectivity index (χ4v) is 1.81. The molecular weight excluding hydrogens is 265 g/mol. The topological polar surface area (TPSA) is 68.7 Å². The van der Waals surface area contributed by atoms with Gasteiger partial charge in [0.1, 0.15) is 22.6 Å². The maximum atomic E-state index is 13.8. The van der Waals surface area contributed by atoms with Crippen molar-refractivity contribution in [2.24, 2.45) is 0 Å². The summed E-state index contributed by atoms with van der Waals surface area (Å²) in [4.78, 5) is 15.3. The number of carbonyl (C=O) groups is 1. The zero-order chi connectivity index (χ0) is 14.7. The molecule has 2 rings (SSSR count). The molecule has 1 N–H and O–H groups in total. The summed E-state index contributed by atoms with van der Waals surface area (Å²) in [5.74, 6) is -1.44. The minimum atomic E-state index is -1.22. The molecular formula is C14H14FNO4. The molecule has 0 spiro atoms. The molecule has 0 aliphatic heterocycles. The van der Waals surface area contributed by atoms with Crippen molar-refractivity contribution in [2.75, 3.05) is 13.7 Å². The number of aromatic nitrogens is 1. The lowest BCUT2D eigenvalue weighted by atomic mass is 10.1. The van der Waals surface area contributed by atoms with Crippen molar-refractivity contribution in [3.8, 4) is 11.6 Å². The van der Waals surface area contributed by atoms with E-state index in [-0.39, 0.29) is 22.3 Å². The van der Waals surface area contributed by atoms with E-state index in [0.29, 0.717) is 18.8 Å². The van der Waals surface area contributed by atoms with Crippen molar-refractivity contribution in [1.82, 2.24) is 4.98 Å². The third kappa shape index (κ3) is 2.49. The maximum absolute atomic E-state index is 13.8. The van der Waals surface area contributed by atoms with Crippen LogP contribution >= 0.6 is 0 Å². The van der Waals surface area contributed by atoms with Gasteiger partial charge in [0.25, 0.3) is 0 Å². The molecule has 0 aliphatic carbocycles. The Morgan fingerprint density at radius 1 is 1.45 bits per heavy atom. The maximum Gasteiger partial charge on any atom is 0.341 e. The molecule has 0 aliphatic rings. The van der Waals surface area contributed by atoms with Gasteiger partial charge in [-0.2, -0.15) is 0 Å². The van der Waals surface area contributed by atoms with E-state index in [2.05, 4.69) is 4.98 Å². The van der Waals surface area contributed by atoms with Crippen molar-refractivity contribution in [3.63, 3.8) is 0 Å². The highest BCUT2D eigenvalue weighted by atomic mass is 19.1. The molecule has 0 unspecified atom stereocenters. The van der Waals surface area contributed by atoms with Gasteiger partial charge in [0.15, 0.2) is 0 Å². The number of rotatable bonds is 5. The number of methoxy groups -OCH3 is 1. The van der Waals surface area contributed by atoms with Crippen LogP contribution in [-0.2, 0) is 0 Å². The molecule has 1 aromatic carbocycles. The fraction of sp³-hybridized carbons (Fsp3) is 0.286. The van der Waals surface area contributed by atoms with Gasteiger partial charge in [-0.1, -0.05) is 6.92 Å². The number of nitrogens with zero attached hydrogens (tertiary/aromatic N) is 1. The summed E-state index contributed by atoms with van der Waals surface area (Å²) in [6.07, 6.45) is 0.707. The summed E-state index contributed by atoms with van der Waals surface area (Å²) >= 11 is 0.